The van der Waals surface area contributed by atoms with Crippen molar-refractivity contribution in [2.24, 2.45) is 0 Å². The number of aryl methyl sites for hydroxylation is 3. The molecule has 1 unspecified atom stereocenters. The van der Waals surface area contributed by atoms with Gasteiger partial charge >= 0.3 is 0 Å². The molecule has 1 aromatic carbocycles. The van der Waals surface area contributed by atoms with E-state index in [0.29, 0.717) is 22.9 Å². The zero-order valence-electron chi connectivity index (χ0n) is 14.8. The third-order valence-electron chi connectivity index (χ3n) is 4.11. The predicted octanol–water partition coefficient (Wildman–Crippen LogP) is 3.26. The number of benzene rings is 1. The van der Waals surface area contributed by atoms with E-state index >= 15 is 0 Å². The Morgan fingerprint density at radius 1 is 1.08 bits per heavy atom. The molecular weight excluding hydrogens is 302 g/mol. The van der Waals surface area contributed by atoms with Crippen LogP contribution >= 0.6 is 0 Å². The highest BCUT2D eigenvalue weighted by atomic mass is 16.4. The number of aromatic nitrogens is 3. The quantitative estimate of drug-likeness (QED) is 0.776. The fourth-order valence-corrected chi connectivity index (χ4v) is 2.88. The van der Waals surface area contributed by atoms with E-state index in [-0.39, 0.29) is 6.04 Å². The number of fused-ring (bicyclic) bond motifs is 1. The first kappa shape index (κ1) is 16.4. The monoisotopic (exact) mass is 325 g/mol. The SMILES string of the molecule is Cc1nc(NCC(c2ccccc2C)N(C)C)c2nc(C)oc2n1. The lowest BCUT2D eigenvalue weighted by Crippen LogP contribution is -2.27. The molecule has 3 aromatic rings. The molecule has 0 aliphatic carbocycles. The topological polar surface area (TPSA) is 67.1 Å². The average Bonchev–Trinajstić information content (AvgIpc) is 2.88. The van der Waals surface area contributed by atoms with Crippen molar-refractivity contribution in [3.05, 3.63) is 47.1 Å². The van der Waals surface area contributed by atoms with Gasteiger partial charge in [0, 0.05) is 13.5 Å². The van der Waals surface area contributed by atoms with Gasteiger partial charge in [0.1, 0.15) is 5.82 Å². The summed E-state index contributed by atoms with van der Waals surface area (Å²) >= 11 is 0. The van der Waals surface area contributed by atoms with Crippen molar-refractivity contribution in [2.75, 3.05) is 26.0 Å². The van der Waals surface area contributed by atoms with Gasteiger partial charge < -0.3 is 14.6 Å². The molecule has 1 atom stereocenters. The highest BCUT2D eigenvalue weighted by Gasteiger charge is 2.18. The van der Waals surface area contributed by atoms with Crippen LogP contribution in [-0.4, -0.2) is 40.5 Å². The van der Waals surface area contributed by atoms with Gasteiger partial charge in [0.05, 0.1) is 6.04 Å². The number of hydrogen-bond acceptors (Lipinski definition) is 6. The molecule has 0 saturated heterocycles. The normalized spacial score (nSPS) is 12.8. The minimum Gasteiger partial charge on any atom is -0.422 e. The predicted molar refractivity (Wildman–Crippen MR) is 95.2 cm³/mol. The first-order chi connectivity index (χ1) is 11.5. The minimum absolute atomic E-state index is 0.226. The lowest BCUT2D eigenvalue weighted by molar-refractivity contribution is 0.310. The van der Waals surface area contributed by atoms with Crippen molar-refractivity contribution in [3.8, 4) is 0 Å². The summed E-state index contributed by atoms with van der Waals surface area (Å²) in [6.45, 7) is 6.53. The van der Waals surface area contributed by atoms with Gasteiger partial charge in [-0.15, -0.1) is 0 Å². The fraction of sp³-hybridized carbons (Fsp3) is 0.389. The molecule has 0 aliphatic rings. The van der Waals surface area contributed by atoms with E-state index in [1.807, 2.05) is 13.8 Å². The summed E-state index contributed by atoms with van der Waals surface area (Å²) in [5.41, 5.74) is 3.79. The molecule has 0 radical (unpaired) electrons. The van der Waals surface area contributed by atoms with Crippen LogP contribution in [0.5, 0.6) is 0 Å². The third kappa shape index (κ3) is 3.23. The molecule has 0 fully saturated rings. The van der Waals surface area contributed by atoms with Crippen molar-refractivity contribution in [2.45, 2.75) is 26.8 Å². The van der Waals surface area contributed by atoms with Gasteiger partial charge in [-0.3, -0.25) is 0 Å². The molecule has 3 rings (SSSR count). The first-order valence-electron chi connectivity index (χ1n) is 8.03. The van der Waals surface area contributed by atoms with Crippen LogP contribution in [0.15, 0.2) is 28.7 Å². The summed E-state index contributed by atoms with van der Waals surface area (Å²) in [7, 11) is 4.17. The number of rotatable bonds is 5. The molecule has 0 spiro atoms. The Labute approximate surface area is 141 Å². The number of anilines is 1. The third-order valence-corrected chi connectivity index (χ3v) is 4.11. The molecule has 6 nitrogen and oxygen atoms in total. The van der Waals surface area contributed by atoms with E-state index in [0.717, 1.165) is 12.4 Å². The second kappa shape index (κ2) is 6.57. The van der Waals surface area contributed by atoms with Crippen LogP contribution in [0.25, 0.3) is 11.2 Å². The van der Waals surface area contributed by atoms with Crippen molar-refractivity contribution in [1.29, 1.82) is 0 Å². The molecule has 1 N–H and O–H groups in total. The zero-order chi connectivity index (χ0) is 17.3. The Kier molecular flexibility index (Phi) is 4.49. The maximum Gasteiger partial charge on any atom is 0.252 e. The van der Waals surface area contributed by atoms with E-state index in [9.17, 15) is 0 Å². The average molecular weight is 325 g/mol. The van der Waals surface area contributed by atoms with E-state index in [1.54, 1.807) is 0 Å². The number of nitrogens with zero attached hydrogens (tertiary/aromatic N) is 4. The van der Waals surface area contributed by atoms with Gasteiger partial charge in [0.15, 0.2) is 17.2 Å². The van der Waals surface area contributed by atoms with Crippen molar-refractivity contribution >= 4 is 17.0 Å². The second-order valence-corrected chi connectivity index (χ2v) is 6.22. The van der Waals surface area contributed by atoms with Gasteiger partial charge in [-0.05, 0) is 39.1 Å². The fourth-order valence-electron chi connectivity index (χ4n) is 2.88. The largest absolute Gasteiger partial charge is 0.422 e. The molecule has 24 heavy (non-hydrogen) atoms. The molecule has 6 heteroatoms. The Balaban J connectivity index is 1.89. The molecular formula is C18H23N5O. The maximum atomic E-state index is 5.53. The summed E-state index contributed by atoms with van der Waals surface area (Å²) in [5, 5.41) is 3.43. The van der Waals surface area contributed by atoms with Gasteiger partial charge in [-0.1, -0.05) is 24.3 Å². The lowest BCUT2D eigenvalue weighted by Gasteiger charge is -2.26. The summed E-state index contributed by atoms with van der Waals surface area (Å²) in [4.78, 5) is 15.4. The van der Waals surface area contributed by atoms with E-state index in [4.69, 9.17) is 4.42 Å². The molecule has 0 bridgehead atoms. The van der Waals surface area contributed by atoms with Gasteiger partial charge in [-0.2, -0.15) is 4.98 Å². The molecule has 126 valence electrons. The summed E-state index contributed by atoms with van der Waals surface area (Å²) in [5.74, 6) is 1.98. The number of likely N-dealkylation sites (N-methyl/N-ethyl adjacent to an activating group) is 1. The Morgan fingerprint density at radius 3 is 2.54 bits per heavy atom. The number of hydrogen-bond donors (Lipinski definition) is 1. The Bertz CT molecular complexity index is 856. The van der Waals surface area contributed by atoms with Crippen LogP contribution in [0.4, 0.5) is 5.82 Å². The van der Waals surface area contributed by atoms with E-state index < -0.39 is 0 Å². The van der Waals surface area contributed by atoms with Crippen LogP contribution in [0.1, 0.15) is 28.9 Å². The van der Waals surface area contributed by atoms with E-state index in [1.165, 1.54) is 11.1 Å². The smallest absolute Gasteiger partial charge is 0.252 e. The summed E-state index contributed by atoms with van der Waals surface area (Å²) < 4.78 is 5.53. The number of oxazole rings is 1. The van der Waals surface area contributed by atoms with Gasteiger partial charge in [0.2, 0.25) is 0 Å². The van der Waals surface area contributed by atoms with Crippen LogP contribution in [0, 0.1) is 20.8 Å². The highest BCUT2D eigenvalue weighted by molar-refractivity contribution is 5.81. The second-order valence-electron chi connectivity index (χ2n) is 6.22. The zero-order valence-corrected chi connectivity index (χ0v) is 14.8. The summed E-state index contributed by atoms with van der Waals surface area (Å²) in [6, 6.07) is 8.67. The maximum absolute atomic E-state index is 5.53. The van der Waals surface area contributed by atoms with Crippen LogP contribution < -0.4 is 5.32 Å². The van der Waals surface area contributed by atoms with Crippen LogP contribution in [-0.2, 0) is 0 Å². The highest BCUT2D eigenvalue weighted by Crippen LogP contribution is 2.25. The Hall–Kier alpha value is -2.47. The number of nitrogens with one attached hydrogen (secondary N) is 1. The minimum atomic E-state index is 0.226. The molecule has 0 amide bonds. The molecule has 2 aromatic heterocycles. The molecule has 0 aliphatic heterocycles. The Morgan fingerprint density at radius 2 is 1.83 bits per heavy atom. The van der Waals surface area contributed by atoms with Crippen molar-refractivity contribution in [1.82, 2.24) is 19.9 Å². The van der Waals surface area contributed by atoms with E-state index in [2.05, 4.69) is 70.5 Å². The van der Waals surface area contributed by atoms with Crippen LogP contribution in [0.3, 0.4) is 0 Å². The van der Waals surface area contributed by atoms with Gasteiger partial charge in [-0.25, -0.2) is 9.97 Å². The van der Waals surface area contributed by atoms with Gasteiger partial charge in [0.25, 0.3) is 5.71 Å². The summed E-state index contributed by atoms with van der Waals surface area (Å²) in [6.07, 6.45) is 0. The lowest BCUT2D eigenvalue weighted by atomic mass is 10.0. The van der Waals surface area contributed by atoms with Crippen molar-refractivity contribution in [3.63, 3.8) is 0 Å². The standard InChI is InChI=1S/C18H23N5O/c1-11-8-6-7-9-14(11)15(23(4)5)10-19-17-16-18(21-12(2)20-17)24-13(3)22-16/h6-9,15H,10H2,1-5H3,(H,19,20,21). The van der Waals surface area contributed by atoms with Crippen LogP contribution in [0.2, 0.25) is 0 Å². The molecule has 2 heterocycles. The van der Waals surface area contributed by atoms with Crippen molar-refractivity contribution < 1.29 is 4.42 Å². The molecule has 0 saturated carbocycles. The first-order valence-corrected chi connectivity index (χ1v) is 8.03.